The molecule has 2 atom stereocenters. The fourth-order valence-corrected chi connectivity index (χ4v) is 5.30. The molecule has 0 spiro atoms. The molecule has 34 heavy (non-hydrogen) atoms. The first kappa shape index (κ1) is 22.8. The smallest absolute Gasteiger partial charge is 0.225 e. The number of carbonyl (C=O) groups excluding carboxylic acids is 1. The van der Waals surface area contributed by atoms with Crippen molar-refractivity contribution >= 4 is 23.2 Å². The lowest BCUT2D eigenvalue weighted by molar-refractivity contribution is -0.126. The molecule has 176 valence electrons. The number of benzene rings is 3. The molecule has 1 N–H and O–H groups in total. The molecule has 0 saturated carbocycles. The summed E-state index contributed by atoms with van der Waals surface area (Å²) in [6.45, 7) is 4.05. The van der Waals surface area contributed by atoms with E-state index in [1.165, 1.54) is 16.8 Å². The zero-order valence-corrected chi connectivity index (χ0v) is 20.2. The largest absolute Gasteiger partial charge is 0.497 e. The van der Waals surface area contributed by atoms with E-state index >= 15 is 0 Å². The van der Waals surface area contributed by atoms with Crippen LogP contribution in [0.4, 0.5) is 5.69 Å². The van der Waals surface area contributed by atoms with Gasteiger partial charge in [-0.1, -0.05) is 60.1 Å². The first-order valence-electron chi connectivity index (χ1n) is 11.8. The number of amides is 1. The van der Waals surface area contributed by atoms with Gasteiger partial charge in [0.15, 0.2) is 0 Å². The Morgan fingerprint density at radius 3 is 2.59 bits per heavy atom. The summed E-state index contributed by atoms with van der Waals surface area (Å²) in [6.07, 6.45) is 0.732. The number of methoxy groups -OCH3 is 1. The van der Waals surface area contributed by atoms with E-state index in [0.717, 1.165) is 48.9 Å². The van der Waals surface area contributed by atoms with Gasteiger partial charge in [-0.05, 0) is 41.3 Å². The number of nitrogens with zero attached hydrogens (tertiary/aromatic N) is 2. The van der Waals surface area contributed by atoms with Crippen LogP contribution in [-0.2, 0) is 24.3 Å². The van der Waals surface area contributed by atoms with Gasteiger partial charge in [0.05, 0.1) is 19.1 Å². The molecule has 1 saturated heterocycles. The average Bonchev–Trinajstić information content (AvgIpc) is 2.88. The molecule has 2 heterocycles. The Labute approximate surface area is 206 Å². The van der Waals surface area contributed by atoms with Crippen LogP contribution < -0.4 is 15.0 Å². The van der Waals surface area contributed by atoms with E-state index in [9.17, 15) is 4.79 Å². The number of hydrogen-bond acceptors (Lipinski definition) is 4. The van der Waals surface area contributed by atoms with Crippen molar-refractivity contribution in [1.82, 2.24) is 10.2 Å². The molecule has 0 aliphatic carbocycles. The lowest BCUT2D eigenvalue weighted by atomic mass is 9.83. The second kappa shape index (κ2) is 10.1. The minimum Gasteiger partial charge on any atom is -0.497 e. The van der Waals surface area contributed by atoms with Gasteiger partial charge in [0, 0.05) is 49.5 Å². The first-order chi connectivity index (χ1) is 16.6. The maximum atomic E-state index is 13.5. The van der Waals surface area contributed by atoms with Gasteiger partial charge >= 0.3 is 0 Å². The van der Waals surface area contributed by atoms with Crippen molar-refractivity contribution < 1.29 is 9.53 Å². The molecule has 0 radical (unpaired) electrons. The topological polar surface area (TPSA) is 44.8 Å². The van der Waals surface area contributed by atoms with Crippen molar-refractivity contribution in [2.45, 2.75) is 25.6 Å². The van der Waals surface area contributed by atoms with E-state index in [0.29, 0.717) is 6.54 Å². The van der Waals surface area contributed by atoms with E-state index in [-0.39, 0.29) is 17.9 Å². The Balaban J connectivity index is 1.37. The van der Waals surface area contributed by atoms with Gasteiger partial charge in [-0.25, -0.2) is 0 Å². The van der Waals surface area contributed by atoms with Gasteiger partial charge in [-0.3, -0.25) is 9.69 Å². The Morgan fingerprint density at radius 1 is 1.03 bits per heavy atom. The molecule has 2 aliphatic rings. The Kier molecular flexibility index (Phi) is 6.75. The molecule has 2 aliphatic heterocycles. The molecular formula is C28H30ClN3O2. The van der Waals surface area contributed by atoms with Gasteiger partial charge in [-0.2, -0.15) is 0 Å². The Morgan fingerprint density at radius 2 is 1.82 bits per heavy atom. The van der Waals surface area contributed by atoms with Crippen LogP contribution in [0.2, 0.25) is 5.02 Å². The number of ether oxygens (including phenoxy) is 1. The van der Waals surface area contributed by atoms with Crippen LogP contribution in [0.15, 0.2) is 72.8 Å². The number of carbonyl (C=O) groups is 1. The number of rotatable bonds is 6. The lowest BCUT2D eigenvalue weighted by Crippen LogP contribution is -2.60. The lowest BCUT2D eigenvalue weighted by Gasteiger charge is -2.49. The van der Waals surface area contributed by atoms with Crippen LogP contribution in [0, 0.1) is 5.92 Å². The molecule has 1 fully saturated rings. The second-order valence-corrected chi connectivity index (χ2v) is 9.57. The highest BCUT2D eigenvalue weighted by Gasteiger charge is 2.41. The van der Waals surface area contributed by atoms with Crippen molar-refractivity contribution in [3.8, 4) is 5.75 Å². The van der Waals surface area contributed by atoms with E-state index in [2.05, 4.69) is 39.4 Å². The fourth-order valence-electron chi connectivity index (χ4n) is 5.17. The van der Waals surface area contributed by atoms with Crippen LogP contribution in [0.3, 0.4) is 0 Å². The molecule has 1 amide bonds. The third-order valence-corrected chi connectivity index (χ3v) is 7.23. The molecule has 6 heteroatoms. The zero-order chi connectivity index (χ0) is 23.5. The summed E-state index contributed by atoms with van der Waals surface area (Å²) in [5, 5.41) is 3.95. The molecule has 0 aromatic heterocycles. The number of nitrogens with one attached hydrogen (secondary N) is 1. The Hall–Kier alpha value is -3.02. The van der Waals surface area contributed by atoms with Crippen molar-refractivity contribution in [1.29, 1.82) is 0 Å². The normalized spacial score (nSPS) is 19.8. The van der Waals surface area contributed by atoms with Gasteiger partial charge in [0.1, 0.15) is 5.75 Å². The molecule has 5 nitrogen and oxygen atoms in total. The fraction of sp³-hybridized carbons (Fsp3) is 0.321. The van der Waals surface area contributed by atoms with Gasteiger partial charge in [-0.15, -0.1) is 0 Å². The summed E-state index contributed by atoms with van der Waals surface area (Å²) >= 11 is 6.07. The molecule has 0 bridgehead atoms. The van der Waals surface area contributed by atoms with Crippen LogP contribution in [0.1, 0.15) is 16.7 Å². The Bertz CT molecular complexity index is 1140. The average molecular weight is 476 g/mol. The third-order valence-electron chi connectivity index (χ3n) is 6.97. The van der Waals surface area contributed by atoms with E-state index in [1.54, 1.807) is 7.11 Å². The number of hydrogen-bond donors (Lipinski definition) is 1. The van der Waals surface area contributed by atoms with Crippen molar-refractivity contribution in [2.24, 2.45) is 5.92 Å². The predicted molar refractivity (Wildman–Crippen MR) is 136 cm³/mol. The van der Waals surface area contributed by atoms with Crippen LogP contribution in [-0.4, -0.2) is 43.6 Å². The molecule has 3 aromatic rings. The molecular weight excluding hydrogens is 446 g/mol. The minimum absolute atomic E-state index is 0.108. The van der Waals surface area contributed by atoms with Gasteiger partial charge in [0.2, 0.25) is 5.91 Å². The standard InChI is InChI=1S/C28H30ClN3O2/c1-34-24-12-9-22-15-25(28(33)30-17-20-5-3-2-4-6-20)27-19-31(13-14-32(27)26(22)16-24)18-21-7-10-23(29)11-8-21/h2-12,16,25,27H,13-15,17-19H2,1H3,(H,30,33). The molecule has 2 unspecified atom stereocenters. The highest BCUT2D eigenvalue weighted by Crippen LogP contribution is 2.38. The summed E-state index contributed by atoms with van der Waals surface area (Å²) in [6, 6.07) is 24.5. The predicted octanol–water partition coefficient (Wildman–Crippen LogP) is 4.53. The summed E-state index contributed by atoms with van der Waals surface area (Å²) in [5.41, 5.74) is 4.76. The molecule has 5 rings (SSSR count). The highest BCUT2D eigenvalue weighted by molar-refractivity contribution is 6.30. The number of piperazine rings is 1. The minimum atomic E-state index is -0.113. The van der Waals surface area contributed by atoms with Crippen LogP contribution >= 0.6 is 11.6 Å². The summed E-state index contributed by atoms with van der Waals surface area (Å²) in [7, 11) is 1.70. The number of halogens is 1. The van der Waals surface area contributed by atoms with Crippen molar-refractivity contribution in [2.75, 3.05) is 31.6 Å². The maximum absolute atomic E-state index is 13.5. The SMILES string of the molecule is COc1ccc2c(c1)N1CCN(Cc3ccc(Cl)cc3)CC1C(C(=O)NCc1ccccc1)C2. The van der Waals surface area contributed by atoms with Gasteiger partial charge in [0.25, 0.3) is 0 Å². The number of fused-ring (bicyclic) bond motifs is 3. The highest BCUT2D eigenvalue weighted by atomic mass is 35.5. The van der Waals surface area contributed by atoms with E-state index in [1.807, 2.05) is 48.5 Å². The summed E-state index contributed by atoms with van der Waals surface area (Å²) in [4.78, 5) is 18.3. The van der Waals surface area contributed by atoms with E-state index in [4.69, 9.17) is 16.3 Å². The summed E-state index contributed by atoms with van der Waals surface area (Å²) < 4.78 is 5.50. The van der Waals surface area contributed by atoms with Crippen LogP contribution in [0.5, 0.6) is 5.75 Å². The molecule has 3 aromatic carbocycles. The zero-order valence-electron chi connectivity index (χ0n) is 19.4. The summed E-state index contributed by atoms with van der Waals surface area (Å²) in [5.74, 6) is 0.861. The maximum Gasteiger partial charge on any atom is 0.225 e. The first-order valence-corrected chi connectivity index (χ1v) is 12.2. The van der Waals surface area contributed by atoms with E-state index < -0.39 is 0 Å². The third kappa shape index (κ3) is 4.91. The van der Waals surface area contributed by atoms with Gasteiger partial charge < -0.3 is 15.0 Å². The van der Waals surface area contributed by atoms with Crippen molar-refractivity contribution in [3.63, 3.8) is 0 Å². The van der Waals surface area contributed by atoms with Crippen LogP contribution in [0.25, 0.3) is 0 Å². The monoisotopic (exact) mass is 475 g/mol. The second-order valence-electron chi connectivity index (χ2n) is 9.13. The number of anilines is 1. The quantitative estimate of drug-likeness (QED) is 0.569. The van der Waals surface area contributed by atoms with Crippen molar-refractivity contribution in [3.05, 3.63) is 94.5 Å².